The normalized spacial score (nSPS) is 12.2. The Labute approximate surface area is 143 Å². The lowest BCUT2D eigenvalue weighted by atomic mass is 9.87. The van der Waals surface area contributed by atoms with E-state index in [4.69, 9.17) is 11.6 Å². The molecule has 0 spiro atoms. The minimum Gasteiger partial charge on any atom is -0.284 e. The van der Waals surface area contributed by atoms with E-state index in [1.165, 1.54) is 0 Å². The van der Waals surface area contributed by atoms with E-state index >= 15 is 0 Å². The lowest BCUT2D eigenvalue weighted by Crippen LogP contribution is -2.09. The Morgan fingerprint density at radius 3 is 2.04 bits per heavy atom. The van der Waals surface area contributed by atoms with Gasteiger partial charge in [-0.3, -0.25) is 4.72 Å². The number of rotatable bonds is 4. The Balaban J connectivity index is 2.24. The van der Waals surface area contributed by atoms with E-state index < -0.39 is 10.0 Å². The Morgan fingerprint density at radius 1 is 1.00 bits per heavy atom. The third-order valence-corrected chi connectivity index (χ3v) is 4.25. The SMILES string of the molecule is CC(C)(C)Cc1ccc(-c2ccc(NS(C)(=O)=O)cc2)cc1Cl. The first-order chi connectivity index (χ1) is 10.5. The van der Waals surface area contributed by atoms with Gasteiger partial charge in [0.15, 0.2) is 0 Å². The Bertz CT molecular complexity index is 791. The second kappa shape index (κ2) is 6.54. The van der Waals surface area contributed by atoms with Crippen LogP contribution in [0.3, 0.4) is 0 Å². The summed E-state index contributed by atoms with van der Waals surface area (Å²) < 4.78 is 24.9. The molecule has 0 aliphatic carbocycles. The number of nitrogens with one attached hydrogen (secondary N) is 1. The molecular formula is C18H22ClNO2S. The molecule has 0 atom stereocenters. The van der Waals surface area contributed by atoms with Crippen molar-refractivity contribution in [2.75, 3.05) is 11.0 Å². The maximum atomic E-state index is 11.2. The zero-order chi connectivity index (χ0) is 17.3. The highest BCUT2D eigenvalue weighted by atomic mass is 35.5. The lowest BCUT2D eigenvalue weighted by Gasteiger charge is -2.19. The molecule has 0 aromatic heterocycles. The van der Waals surface area contributed by atoms with E-state index in [9.17, 15) is 8.42 Å². The third-order valence-electron chi connectivity index (χ3n) is 3.30. The number of hydrogen-bond donors (Lipinski definition) is 1. The minimum absolute atomic E-state index is 0.185. The number of hydrogen-bond acceptors (Lipinski definition) is 2. The van der Waals surface area contributed by atoms with Crippen molar-refractivity contribution in [2.45, 2.75) is 27.2 Å². The second-order valence-corrected chi connectivity index (χ2v) is 9.15. The number of benzene rings is 2. The van der Waals surface area contributed by atoms with Crippen molar-refractivity contribution in [1.29, 1.82) is 0 Å². The van der Waals surface area contributed by atoms with Gasteiger partial charge in [-0.1, -0.05) is 56.6 Å². The van der Waals surface area contributed by atoms with Crippen molar-refractivity contribution in [3.63, 3.8) is 0 Å². The molecule has 0 aliphatic rings. The van der Waals surface area contributed by atoms with E-state index in [2.05, 4.69) is 31.6 Å². The summed E-state index contributed by atoms with van der Waals surface area (Å²) in [5, 5.41) is 0.760. The first kappa shape index (κ1) is 17.8. The summed E-state index contributed by atoms with van der Waals surface area (Å²) >= 11 is 6.41. The molecule has 0 heterocycles. The molecule has 0 unspecified atom stereocenters. The number of halogens is 1. The van der Waals surface area contributed by atoms with Crippen LogP contribution >= 0.6 is 11.6 Å². The molecule has 2 aromatic rings. The zero-order valence-corrected chi connectivity index (χ0v) is 15.4. The molecule has 1 N–H and O–H groups in total. The molecule has 3 nitrogen and oxygen atoms in total. The van der Waals surface area contributed by atoms with Crippen molar-refractivity contribution in [1.82, 2.24) is 0 Å². The van der Waals surface area contributed by atoms with Gasteiger partial charge in [-0.05, 0) is 46.7 Å². The van der Waals surface area contributed by atoms with Crippen LogP contribution in [0.4, 0.5) is 5.69 Å². The van der Waals surface area contributed by atoms with Crippen LogP contribution < -0.4 is 4.72 Å². The predicted molar refractivity (Wildman–Crippen MR) is 98.5 cm³/mol. The summed E-state index contributed by atoms with van der Waals surface area (Å²) in [7, 11) is -3.26. The molecule has 0 saturated heterocycles. The third kappa shape index (κ3) is 5.56. The minimum atomic E-state index is -3.26. The van der Waals surface area contributed by atoms with Crippen LogP contribution in [0.25, 0.3) is 11.1 Å². The van der Waals surface area contributed by atoms with Crippen molar-refractivity contribution in [3.8, 4) is 11.1 Å². The molecule has 2 rings (SSSR count). The van der Waals surface area contributed by atoms with E-state index in [1.807, 2.05) is 24.3 Å². The summed E-state index contributed by atoms with van der Waals surface area (Å²) in [5.74, 6) is 0. The monoisotopic (exact) mass is 351 g/mol. The second-order valence-electron chi connectivity index (χ2n) is 7.00. The van der Waals surface area contributed by atoms with Gasteiger partial charge in [0.1, 0.15) is 0 Å². The van der Waals surface area contributed by atoms with Crippen molar-refractivity contribution in [3.05, 3.63) is 53.1 Å². The van der Waals surface area contributed by atoms with Gasteiger partial charge < -0.3 is 0 Å². The van der Waals surface area contributed by atoms with Crippen LogP contribution in [-0.4, -0.2) is 14.7 Å². The first-order valence-corrected chi connectivity index (χ1v) is 9.67. The number of anilines is 1. The summed E-state index contributed by atoms with van der Waals surface area (Å²) in [5.41, 5.74) is 3.88. The topological polar surface area (TPSA) is 46.2 Å². The van der Waals surface area contributed by atoms with E-state index in [-0.39, 0.29) is 5.41 Å². The molecule has 5 heteroatoms. The molecule has 0 saturated carbocycles. The highest BCUT2D eigenvalue weighted by Gasteiger charge is 2.14. The highest BCUT2D eigenvalue weighted by Crippen LogP contribution is 2.30. The molecule has 124 valence electrons. The standard InChI is InChI=1S/C18H22ClNO2S/c1-18(2,3)12-15-6-5-14(11-17(15)19)13-7-9-16(10-8-13)20-23(4,21)22/h5-11,20H,12H2,1-4H3. The summed E-state index contributed by atoms with van der Waals surface area (Å²) in [6.45, 7) is 6.56. The lowest BCUT2D eigenvalue weighted by molar-refractivity contribution is 0.411. The average molecular weight is 352 g/mol. The van der Waals surface area contributed by atoms with Crippen LogP contribution in [0, 0.1) is 5.41 Å². The molecule has 0 amide bonds. The molecule has 0 radical (unpaired) electrons. The Morgan fingerprint density at radius 2 is 1.57 bits per heavy atom. The van der Waals surface area contributed by atoms with Gasteiger partial charge in [-0.2, -0.15) is 0 Å². The van der Waals surface area contributed by atoms with Gasteiger partial charge in [0, 0.05) is 10.7 Å². The smallest absolute Gasteiger partial charge is 0.229 e. The van der Waals surface area contributed by atoms with Crippen LogP contribution in [0.1, 0.15) is 26.3 Å². The highest BCUT2D eigenvalue weighted by molar-refractivity contribution is 7.92. The molecule has 2 aromatic carbocycles. The number of sulfonamides is 1. The summed E-state index contributed by atoms with van der Waals surface area (Å²) in [6.07, 6.45) is 2.05. The van der Waals surface area contributed by atoms with Crippen LogP contribution in [0.15, 0.2) is 42.5 Å². The summed E-state index contributed by atoms with van der Waals surface area (Å²) in [4.78, 5) is 0. The molecule has 0 fully saturated rings. The van der Waals surface area contributed by atoms with Gasteiger partial charge in [-0.25, -0.2) is 8.42 Å². The largest absolute Gasteiger partial charge is 0.284 e. The average Bonchev–Trinajstić information content (AvgIpc) is 2.39. The maximum absolute atomic E-state index is 11.2. The van der Waals surface area contributed by atoms with Crippen LogP contribution in [-0.2, 0) is 16.4 Å². The van der Waals surface area contributed by atoms with Gasteiger partial charge in [0.2, 0.25) is 10.0 Å². The quantitative estimate of drug-likeness (QED) is 0.845. The summed E-state index contributed by atoms with van der Waals surface area (Å²) in [6, 6.07) is 13.3. The Kier molecular flexibility index (Phi) is 5.07. The van der Waals surface area contributed by atoms with Crippen molar-refractivity contribution >= 4 is 27.3 Å². The van der Waals surface area contributed by atoms with E-state index in [0.717, 1.165) is 34.4 Å². The fourth-order valence-corrected chi connectivity index (χ4v) is 3.20. The van der Waals surface area contributed by atoms with Crippen molar-refractivity contribution < 1.29 is 8.42 Å². The fourth-order valence-electron chi connectivity index (χ4n) is 2.39. The fraction of sp³-hybridized carbons (Fsp3) is 0.333. The van der Waals surface area contributed by atoms with Crippen molar-refractivity contribution in [2.24, 2.45) is 5.41 Å². The van der Waals surface area contributed by atoms with Gasteiger partial charge in [-0.15, -0.1) is 0 Å². The first-order valence-electron chi connectivity index (χ1n) is 7.40. The van der Waals surface area contributed by atoms with Crippen LogP contribution in [0.2, 0.25) is 5.02 Å². The molecule has 0 bridgehead atoms. The van der Waals surface area contributed by atoms with Gasteiger partial charge in [0.05, 0.1) is 6.26 Å². The maximum Gasteiger partial charge on any atom is 0.229 e. The molecule has 23 heavy (non-hydrogen) atoms. The zero-order valence-electron chi connectivity index (χ0n) is 13.9. The molecular weight excluding hydrogens is 330 g/mol. The van der Waals surface area contributed by atoms with E-state index in [0.29, 0.717) is 5.69 Å². The predicted octanol–water partition coefficient (Wildman–Crippen LogP) is 4.97. The van der Waals surface area contributed by atoms with Gasteiger partial charge >= 0.3 is 0 Å². The van der Waals surface area contributed by atoms with Gasteiger partial charge in [0.25, 0.3) is 0 Å². The molecule has 0 aliphatic heterocycles. The van der Waals surface area contributed by atoms with Crippen LogP contribution in [0.5, 0.6) is 0 Å². The Hall–Kier alpha value is -1.52. The van der Waals surface area contributed by atoms with E-state index in [1.54, 1.807) is 12.1 Å².